The molecule has 6 heteroatoms. The molecule has 0 aliphatic rings. The zero-order valence-corrected chi connectivity index (χ0v) is 12.7. The van der Waals surface area contributed by atoms with E-state index in [9.17, 15) is 9.90 Å². The second-order valence-corrected chi connectivity index (χ2v) is 5.60. The van der Waals surface area contributed by atoms with Crippen molar-refractivity contribution in [2.75, 3.05) is 0 Å². The van der Waals surface area contributed by atoms with Gasteiger partial charge in [0.15, 0.2) is 0 Å². The SMILES string of the molecule is O=C(O)C(Cc1ccccc1Cl)c1ncc(I)cn1. The van der Waals surface area contributed by atoms with Crippen LogP contribution in [0.15, 0.2) is 36.7 Å². The highest BCUT2D eigenvalue weighted by atomic mass is 127. The Labute approximate surface area is 129 Å². The van der Waals surface area contributed by atoms with E-state index >= 15 is 0 Å². The van der Waals surface area contributed by atoms with Crippen molar-refractivity contribution in [1.29, 1.82) is 0 Å². The molecule has 0 spiro atoms. The zero-order chi connectivity index (χ0) is 13.8. The molecule has 1 unspecified atom stereocenters. The van der Waals surface area contributed by atoms with Crippen LogP contribution in [-0.2, 0) is 11.2 Å². The summed E-state index contributed by atoms with van der Waals surface area (Å²) in [5.41, 5.74) is 0.777. The summed E-state index contributed by atoms with van der Waals surface area (Å²) in [5, 5.41) is 9.88. The van der Waals surface area contributed by atoms with Crippen molar-refractivity contribution < 1.29 is 9.90 Å². The number of carboxylic acid groups (broad SMARTS) is 1. The number of halogens is 2. The minimum Gasteiger partial charge on any atom is -0.481 e. The van der Waals surface area contributed by atoms with Gasteiger partial charge in [-0.2, -0.15) is 0 Å². The molecule has 0 aliphatic carbocycles. The maximum Gasteiger partial charge on any atom is 0.314 e. The van der Waals surface area contributed by atoms with Gasteiger partial charge in [-0.3, -0.25) is 4.79 Å². The summed E-state index contributed by atoms with van der Waals surface area (Å²) < 4.78 is 0.864. The number of carboxylic acids is 1. The van der Waals surface area contributed by atoms with Gasteiger partial charge >= 0.3 is 5.97 Å². The van der Waals surface area contributed by atoms with Crippen molar-refractivity contribution in [3.8, 4) is 0 Å². The van der Waals surface area contributed by atoms with Crippen LogP contribution in [0.5, 0.6) is 0 Å². The van der Waals surface area contributed by atoms with Crippen LogP contribution in [-0.4, -0.2) is 21.0 Å². The summed E-state index contributed by atoms with van der Waals surface area (Å²) >= 11 is 8.12. The third kappa shape index (κ3) is 3.63. The van der Waals surface area contributed by atoms with Crippen molar-refractivity contribution in [2.45, 2.75) is 12.3 Å². The summed E-state index contributed by atoms with van der Waals surface area (Å²) in [4.78, 5) is 19.5. The number of hydrogen-bond donors (Lipinski definition) is 1. The van der Waals surface area contributed by atoms with E-state index in [2.05, 4.69) is 32.6 Å². The van der Waals surface area contributed by atoms with E-state index in [4.69, 9.17) is 11.6 Å². The fraction of sp³-hybridized carbons (Fsp3) is 0.154. The fourth-order valence-corrected chi connectivity index (χ4v) is 2.17. The quantitative estimate of drug-likeness (QED) is 0.818. The molecule has 2 rings (SSSR count). The fourth-order valence-electron chi connectivity index (χ4n) is 1.68. The summed E-state index contributed by atoms with van der Waals surface area (Å²) in [6.07, 6.45) is 3.48. The van der Waals surface area contributed by atoms with Crippen LogP contribution in [0.4, 0.5) is 0 Å². The van der Waals surface area contributed by atoms with E-state index in [1.165, 1.54) is 0 Å². The lowest BCUT2D eigenvalue weighted by Crippen LogP contribution is -2.17. The Morgan fingerprint density at radius 2 is 1.95 bits per heavy atom. The van der Waals surface area contributed by atoms with Crippen LogP contribution < -0.4 is 0 Å². The van der Waals surface area contributed by atoms with Gasteiger partial charge in [0, 0.05) is 21.0 Å². The van der Waals surface area contributed by atoms with Gasteiger partial charge in [-0.15, -0.1) is 0 Å². The summed E-state index contributed by atoms with van der Waals surface area (Å²) in [6, 6.07) is 7.19. The van der Waals surface area contributed by atoms with E-state index in [0.29, 0.717) is 10.8 Å². The van der Waals surface area contributed by atoms with E-state index < -0.39 is 11.9 Å². The second kappa shape index (κ2) is 6.29. The third-order valence-corrected chi connectivity index (χ3v) is 3.56. The minimum atomic E-state index is -0.957. The molecule has 19 heavy (non-hydrogen) atoms. The molecule has 1 aromatic heterocycles. The van der Waals surface area contributed by atoms with E-state index in [0.717, 1.165) is 9.13 Å². The first-order chi connectivity index (χ1) is 9.08. The van der Waals surface area contributed by atoms with Crippen molar-refractivity contribution in [3.05, 3.63) is 56.6 Å². The lowest BCUT2D eigenvalue weighted by Gasteiger charge is -2.12. The lowest BCUT2D eigenvalue weighted by atomic mass is 9.98. The maximum absolute atomic E-state index is 11.4. The van der Waals surface area contributed by atoms with E-state index in [1.54, 1.807) is 18.5 Å². The van der Waals surface area contributed by atoms with Gasteiger partial charge in [0.05, 0.1) is 0 Å². The molecule has 0 bridgehead atoms. The molecule has 1 aromatic carbocycles. The highest BCUT2D eigenvalue weighted by Crippen LogP contribution is 2.23. The minimum absolute atomic E-state index is 0.273. The van der Waals surface area contributed by atoms with Crippen molar-refractivity contribution in [2.24, 2.45) is 0 Å². The molecule has 0 saturated heterocycles. The first-order valence-corrected chi connectivity index (χ1v) is 6.97. The number of aromatic nitrogens is 2. The van der Waals surface area contributed by atoms with Gasteiger partial charge < -0.3 is 5.11 Å². The normalized spacial score (nSPS) is 12.1. The van der Waals surface area contributed by atoms with Crippen LogP contribution in [0.25, 0.3) is 0 Å². The molecule has 0 amide bonds. The average molecular weight is 389 g/mol. The largest absolute Gasteiger partial charge is 0.481 e. The molecule has 1 heterocycles. The highest BCUT2D eigenvalue weighted by molar-refractivity contribution is 14.1. The zero-order valence-electron chi connectivity index (χ0n) is 9.75. The Morgan fingerprint density at radius 3 is 2.53 bits per heavy atom. The summed E-state index contributed by atoms with van der Waals surface area (Å²) in [7, 11) is 0. The van der Waals surface area contributed by atoms with Gasteiger partial charge in [-0.25, -0.2) is 9.97 Å². The second-order valence-electron chi connectivity index (χ2n) is 3.95. The average Bonchev–Trinajstić information content (AvgIpc) is 2.39. The van der Waals surface area contributed by atoms with Crippen LogP contribution in [0.1, 0.15) is 17.3 Å². The first kappa shape index (κ1) is 14.2. The molecular formula is C13H10ClIN2O2. The topological polar surface area (TPSA) is 63.1 Å². The molecule has 98 valence electrons. The molecule has 0 aliphatic heterocycles. The molecule has 0 saturated carbocycles. The van der Waals surface area contributed by atoms with Gasteiger partial charge in [0.1, 0.15) is 11.7 Å². The van der Waals surface area contributed by atoms with Crippen molar-refractivity contribution in [3.63, 3.8) is 0 Å². The maximum atomic E-state index is 11.4. The number of carbonyl (C=O) groups is 1. The standard InChI is InChI=1S/C13H10ClIN2O2/c14-11-4-2-1-3-8(11)5-10(13(18)19)12-16-6-9(15)7-17-12/h1-4,6-7,10H,5H2,(H,18,19). The summed E-state index contributed by atoms with van der Waals surface area (Å²) in [5.74, 6) is -1.45. The molecule has 1 atom stereocenters. The predicted molar refractivity (Wildman–Crippen MR) is 80.3 cm³/mol. The van der Waals surface area contributed by atoms with E-state index in [-0.39, 0.29) is 6.42 Å². The van der Waals surface area contributed by atoms with Gasteiger partial charge in [-0.1, -0.05) is 29.8 Å². The molecule has 4 nitrogen and oxygen atoms in total. The number of hydrogen-bond acceptors (Lipinski definition) is 3. The van der Waals surface area contributed by atoms with E-state index in [1.807, 2.05) is 18.2 Å². The number of benzene rings is 1. The number of aliphatic carboxylic acids is 1. The molecule has 0 fully saturated rings. The van der Waals surface area contributed by atoms with Gasteiger partial charge in [-0.05, 0) is 40.6 Å². The number of rotatable bonds is 4. The van der Waals surface area contributed by atoms with Crippen molar-refractivity contribution >= 4 is 40.2 Å². The Kier molecular flexibility index (Phi) is 4.71. The molecular weight excluding hydrogens is 379 g/mol. The van der Waals surface area contributed by atoms with Crippen LogP contribution in [0, 0.1) is 3.57 Å². The van der Waals surface area contributed by atoms with Crippen LogP contribution in [0.3, 0.4) is 0 Å². The Morgan fingerprint density at radius 1 is 1.32 bits per heavy atom. The van der Waals surface area contributed by atoms with Crippen molar-refractivity contribution in [1.82, 2.24) is 9.97 Å². The van der Waals surface area contributed by atoms with Crippen LogP contribution >= 0.6 is 34.2 Å². The number of nitrogens with zero attached hydrogens (tertiary/aromatic N) is 2. The highest BCUT2D eigenvalue weighted by Gasteiger charge is 2.24. The monoisotopic (exact) mass is 388 g/mol. The molecule has 2 aromatic rings. The third-order valence-electron chi connectivity index (χ3n) is 2.63. The predicted octanol–water partition coefficient (Wildman–Crippen LogP) is 3.15. The van der Waals surface area contributed by atoms with Crippen LogP contribution in [0.2, 0.25) is 5.02 Å². The first-order valence-electron chi connectivity index (χ1n) is 5.51. The lowest BCUT2D eigenvalue weighted by molar-refractivity contribution is -0.139. The Bertz CT molecular complexity index is 589. The molecule has 0 radical (unpaired) electrons. The smallest absolute Gasteiger partial charge is 0.314 e. The molecule has 1 N–H and O–H groups in total. The van der Waals surface area contributed by atoms with Gasteiger partial charge in [0.25, 0.3) is 0 Å². The Hall–Kier alpha value is -1.21. The van der Waals surface area contributed by atoms with Gasteiger partial charge in [0.2, 0.25) is 0 Å². The summed E-state index contributed by atoms with van der Waals surface area (Å²) in [6.45, 7) is 0. The Balaban J connectivity index is 2.29.